The fourth-order valence-electron chi connectivity index (χ4n) is 3.14. The lowest BCUT2D eigenvalue weighted by Crippen LogP contribution is -2.41. The summed E-state index contributed by atoms with van der Waals surface area (Å²) in [6.07, 6.45) is 9.07. The molecular weight excluding hydrogens is 328 g/mol. The number of ketones is 1. The second-order valence-electron chi connectivity index (χ2n) is 6.07. The number of allylic oxidation sites excluding steroid dienone is 4. The number of Topliss-reactive ketones (excluding diaryl/α,β-unsaturated/α-hetero) is 1. The van der Waals surface area contributed by atoms with Gasteiger partial charge in [-0.25, -0.2) is 0 Å². The molecular formula is C18H19BrO2. The summed E-state index contributed by atoms with van der Waals surface area (Å²) < 4.78 is 6.85. The topological polar surface area (TPSA) is 26.3 Å². The number of carbonyl (C=O) groups is 1. The first-order valence-electron chi connectivity index (χ1n) is 7.37. The lowest BCUT2D eigenvalue weighted by atomic mass is 9.63. The van der Waals surface area contributed by atoms with Crippen molar-refractivity contribution in [1.29, 1.82) is 0 Å². The highest BCUT2D eigenvalue weighted by atomic mass is 79.9. The van der Waals surface area contributed by atoms with Crippen LogP contribution in [0.3, 0.4) is 0 Å². The monoisotopic (exact) mass is 346 g/mol. The van der Waals surface area contributed by atoms with E-state index in [0.29, 0.717) is 18.3 Å². The minimum Gasteiger partial charge on any atom is -0.485 e. The SMILES string of the molecule is CC12CC=CCC1CC=C(OCc1ccc(Br)cc1)C2=O. The molecule has 1 aromatic rings. The first-order valence-corrected chi connectivity index (χ1v) is 8.16. The molecule has 0 spiro atoms. The molecule has 1 aromatic carbocycles. The Labute approximate surface area is 134 Å². The normalized spacial score (nSPS) is 28.0. The van der Waals surface area contributed by atoms with Crippen LogP contribution in [0.2, 0.25) is 0 Å². The van der Waals surface area contributed by atoms with Crippen LogP contribution in [0, 0.1) is 11.3 Å². The van der Waals surface area contributed by atoms with Crippen LogP contribution in [-0.2, 0) is 16.1 Å². The third kappa shape index (κ3) is 2.84. The molecule has 0 heterocycles. The largest absolute Gasteiger partial charge is 0.485 e. The predicted octanol–water partition coefficient (Wildman–Crippen LogP) is 4.79. The quantitative estimate of drug-likeness (QED) is 0.735. The van der Waals surface area contributed by atoms with Gasteiger partial charge in [-0.3, -0.25) is 4.79 Å². The van der Waals surface area contributed by atoms with Gasteiger partial charge in [-0.05, 0) is 49.0 Å². The van der Waals surface area contributed by atoms with Crippen molar-refractivity contribution < 1.29 is 9.53 Å². The molecule has 21 heavy (non-hydrogen) atoms. The van der Waals surface area contributed by atoms with Gasteiger partial charge in [0.05, 0.1) is 0 Å². The summed E-state index contributed by atoms with van der Waals surface area (Å²) in [5.74, 6) is 1.14. The molecule has 3 rings (SSSR count). The Bertz CT molecular complexity index is 600. The molecule has 0 fully saturated rings. The fraction of sp³-hybridized carbons (Fsp3) is 0.389. The average Bonchev–Trinajstić information content (AvgIpc) is 2.49. The zero-order valence-electron chi connectivity index (χ0n) is 12.1. The molecule has 0 amide bonds. The molecule has 0 N–H and O–H groups in total. The summed E-state index contributed by atoms with van der Waals surface area (Å²) in [6.45, 7) is 2.53. The van der Waals surface area contributed by atoms with E-state index in [9.17, 15) is 4.79 Å². The van der Waals surface area contributed by atoms with Crippen molar-refractivity contribution in [2.24, 2.45) is 11.3 Å². The van der Waals surface area contributed by atoms with Gasteiger partial charge in [-0.15, -0.1) is 0 Å². The van der Waals surface area contributed by atoms with Crippen molar-refractivity contribution in [3.8, 4) is 0 Å². The van der Waals surface area contributed by atoms with Crippen molar-refractivity contribution in [2.45, 2.75) is 32.8 Å². The molecule has 0 aliphatic heterocycles. The smallest absolute Gasteiger partial charge is 0.203 e. The van der Waals surface area contributed by atoms with Gasteiger partial charge in [-0.2, -0.15) is 0 Å². The van der Waals surface area contributed by atoms with Gasteiger partial charge in [0.1, 0.15) is 6.61 Å². The third-order valence-electron chi connectivity index (χ3n) is 4.67. The number of hydrogen-bond donors (Lipinski definition) is 0. The molecule has 2 aliphatic carbocycles. The Hall–Kier alpha value is -1.35. The molecule has 2 unspecified atom stereocenters. The Balaban J connectivity index is 1.70. The van der Waals surface area contributed by atoms with E-state index in [-0.39, 0.29) is 11.2 Å². The lowest BCUT2D eigenvalue weighted by Gasteiger charge is -2.40. The molecule has 2 aliphatic rings. The molecule has 0 saturated heterocycles. The Morgan fingerprint density at radius 2 is 2.00 bits per heavy atom. The van der Waals surface area contributed by atoms with E-state index in [4.69, 9.17) is 4.74 Å². The summed E-state index contributed by atoms with van der Waals surface area (Å²) in [4.78, 5) is 12.7. The van der Waals surface area contributed by atoms with Gasteiger partial charge in [0, 0.05) is 9.89 Å². The van der Waals surface area contributed by atoms with E-state index in [1.165, 1.54) is 0 Å². The average molecular weight is 347 g/mol. The van der Waals surface area contributed by atoms with Crippen molar-refractivity contribution in [1.82, 2.24) is 0 Å². The number of carbonyl (C=O) groups excluding carboxylic acids is 1. The highest BCUT2D eigenvalue weighted by Crippen LogP contribution is 2.45. The Kier molecular flexibility index (Phi) is 4.03. The van der Waals surface area contributed by atoms with Crippen molar-refractivity contribution in [3.63, 3.8) is 0 Å². The van der Waals surface area contributed by atoms with Crippen molar-refractivity contribution >= 4 is 21.7 Å². The van der Waals surface area contributed by atoms with Crippen LogP contribution in [0.15, 0.2) is 52.7 Å². The highest BCUT2D eigenvalue weighted by molar-refractivity contribution is 9.10. The molecule has 0 aromatic heterocycles. The number of rotatable bonds is 3. The van der Waals surface area contributed by atoms with Gasteiger partial charge in [0.15, 0.2) is 5.76 Å². The van der Waals surface area contributed by atoms with E-state index in [2.05, 4.69) is 35.0 Å². The Morgan fingerprint density at radius 3 is 2.76 bits per heavy atom. The molecule has 0 saturated carbocycles. The van der Waals surface area contributed by atoms with E-state index in [0.717, 1.165) is 29.3 Å². The molecule has 0 radical (unpaired) electrons. The maximum Gasteiger partial charge on any atom is 0.203 e. The van der Waals surface area contributed by atoms with E-state index in [1.807, 2.05) is 30.3 Å². The fourth-order valence-corrected chi connectivity index (χ4v) is 3.40. The molecule has 3 heteroatoms. The summed E-state index contributed by atoms with van der Waals surface area (Å²) in [5.41, 5.74) is 0.793. The number of hydrogen-bond acceptors (Lipinski definition) is 2. The van der Waals surface area contributed by atoms with Gasteiger partial charge in [-0.1, -0.05) is 47.1 Å². The van der Waals surface area contributed by atoms with E-state index >= 15 is 0 Å². The first-order chi connectivity index (χ1) is 10.1. The summed E-state index contributed by atoms with van der Waals surface area (Å²) in [5, 5.41) is 0. The van der Waals surface area contributed by atoms with E-state index < -0.39 is 0 Å². The molecule has 2 atom stereocenters. The van der Waals surface area contributed by atoms with Crippen LogP contribution in [0.25, 0.3) is 0 Å². The van der Waals surface area contributed by atoms with Crippen LogP contribution in [0.5, 0.6) is 0 Å². The van der Waals surface area contributed by atoms with Crippen LogP contribution in [-0.4, -0.2) is 5.78 Å². The van der Waals surface area contributed by atoms with Crippen LogP contribution in [0.4, 0.5) is 0 Å². The summed E-state index contributed by atoms with van der Waals surface area (Å²) >= 11 is 3.42. The first kappa shape index (κ1) is 14.6. The summed E-state index contributed by atoms with van der Waals surface area (Å²) in [6, 6.07) is 7.98. The van der Waals surface area contributed by atoms with Crippen LogP contribution >= 0.6 is 15.9 Å². The predicted molar refractivity (Wildman–Crippen MR) is 86.6 cm³/mol. The van der Waals surface area contributed by atoms with E-state index in [1.54, 1.807) is 0 Å². The molecule has 0 bridgehead atoms. The lowest BCUT2D eigenvalue weighted by molar-refractivity contribution is -0.132. The highest BCUT2D eigenvalue weighted by Gasteiger charge is 2.45. The van der Waals surface area contributed by atoms with Crippen molar-refractivity contribution in [3.05, 3.63) is 58.3 Å². The second-order valence-corrected chi connectivity index (χ2v) is 6.99. The van der Waals surface area contributed by atoms with Crippen molar-refractivity contribution in [2.75, 3.05) is 0 Å². The van der Waals surface area contributed by atoms with Gasteiger partial charge >= 0.3 is 0 Å². The minimum absolute atomic E-state index is 0.167. The van der Waals surface area contributed by atoms with Gasteiger partial charge in [0.2, 0.25) is 5.78 Å². The summed E-state index contributed by atoms with van der Waals surface area (Å²) in [7, 11) is 0. The van der Waals surface area contributed by atoms with Gasteiger partial charge < -0.3 is 4.74 Å². The molecule has 110 valence electrons. The second kappa shape index (κ2) is 5.80. The minimum atomic E-state index is -0.279. The van der Waals surface area contributed by atoms with Gasteiger partial charge in [0.25, 0.3) is 0 Å². The zero-order chi connectivity index (χ0) is 14.9. The number of ether oxygens (including phenoxy) is 1. The standard InChI is InChI=1S/C18H19BrO2/c1-18-11-3-2-4-14(18)7-10-16(17(18)20)21-12-13-5-8-15(19)9-6-13/h2-3,5-6,8-10,14H,4,7,11-12H2,1H3. The number of halogens is 1. The molecule has 2 nitrogen and oxygen atoms in total. The van der Waals surface area contributed by atoms with Crippen LogP contribution in [0.1, 0.15) is 31.7 Å². The Morgan fingerprint density at radius 1 is 1.24 bits per heavy atom. The maximum absolute atomic E-state index is 12.7. The van der Waals surface area contributed by atoms with Crippen LogP contribution < -0.4 is 0 Å². The number of benzene rings is 1. The number of fused-ring (bicyclic) bond motifs is 1. The third-order valence-corrected chi connectivity index (χ3v) is 5.20. The maximum atomic E-state index is 12.7. The zero-order valence-corrected chi connectivity index (χ0v) is 13.7.